The van der Waals surface area contributed by atoms with Gasteiger partial charge in [0.2, 0.25) is 0 Å². The van der Waals surface area contributed by atoms with E-state index in [1.807, 2.05) is 0 Å². The van der Waals surface area contributed by atoms with Crippen LogP contribution < -0.4 is 0 Å². The normalized spacial score (nSPS) is 11.2. The van der Waals surface area contributed by atoms with Crippen molar-refractivity contribution < 1.29 is 8.78 Å². The fourth-order valence-electron chi connectivity index (χ4n) is 1.97. The van der Waals surface area contributed by atoms with Crippen LogP contribution in [0.5, 0.6) is 0 Å². The second-order valence-corrected chi connectivity index (χ2v) is 4.57. The number of hydrogen-bond acceptors (Lipinski definition) is 2. The molecule has 0 saturated heterocycles. The molecule has 1 aromatic carbocycles. The van der Waals surface area contributed by atoms with Crippen molar-refractivity contribution in [3.8, 4) is 11.3 Å². The zero-order valence-electron chi connectivity index (χ0n) is 9.86. The van der Waals surface area contributed by atoms with Crippen LogP contribution in [0.2, 0.25) is 5.15 Å². The molecule has 0 amide bonds. The van der Waals surface area contributed by atoms with Crippen molar-refractivity contribution in [2.24, 2.45) is 0 Å². The van der Waals surface area contributed by atoms with Crippen LogP contribution in [0.25, 0.3) is 16.9 Å². The highest BCUT2D eigenvalue weighted by Gasteiger charge is 2.11. The molecule has 2 aromatic heterocycles. The summed E-state index contributed by atoms with van der Waals surface area (Å²) >= 11 is 5.92. The van der Waals surface area contributed by atoms with E-state index < -0.39 is 11.6 Å². The van der Waals surface area contributed by atoms with Gasteiger partial charge in [0, 0.05) is 23.8 Å². The Morgan fingerprint density at radius 2 is 1.74 bits per heavy atom. The van der Waals surface area contributed by atoms with Crippen molar-refractivity contribution in [3.63, 3.8) is 0 Å². The lowest BCUT2D eigenvalue weighted by atomic mass is 10.1. The van der Waals surface area contributed by atoms with Gasteiger partial charge in [0.05, 0.1) is 11.4 Å². The lowest BCUT2D eigenvalue weighted by molar-refractivity contribution is 0.584. The van der Waals surface area contributed by atoms with Gasteiger partial charge < -0.3 is 0 Å². The molecule has 3 aromatic rings. The quantitative estimate of drug-likeness (QED) is 0.637. The van der Waals surface area contributed by atoms with E-state index >= 15 is 0 Å². The Morgan fingerprint density at radius 3 is 2.42 bits per heavy atom. The van der Waals surface area contributed by atoms with Gasteiger partial charge in [-0.05, 0) is 19.1 Å². The molecule has 3 rings (SSSR count). The minimum absolute atomic E-state index is 0.243. The topological polar surface area (TPSA) is 30.2 Å². The van der Waals surface area contributed by atoms with E-state index in [9.17, 15) is 8.78 Å². The van der Waals surface area contributed by atoms with E-state index in [0.717, 1.165) is 11.8 Å². The van der Waals surface area contributed by atoms with Crippen LogP contribution in [0.3, 0.4) is 0 Å². The van der Waals surface area contributed by atoms with Crippen molar-refractivity contribution in [2.45, 2.75) is 6.92 Å². The number of rotatable bonds is 1. The molecule has 0 aliphatic rings. The highest BCUT2D eigenvalue weighted by molar-refractivity contribution is 6.29. The molecule has 0 spiro atoms. The maximum atomic E-state index is 13.3. The molecule has 0 aliphatic carbocycles. The summed E-state index contributed by atoms with van der Waals surface area (Å²) in [5.41, 5.74) is 2.12. The molecule has 2 heterocycles. The summed E-state index contributed by atoms with van der Waals surface area (Å²) in [5, 5.41) is 4.48. The van der Waals surface area contributed by atoms with Crippen molar-refractivity contribution >= 4 is 17.2 Å². The molecule has 6 heteroatoms. The maximum absolute atomic E-state index is 13.3. The van der Waals surface area contributed by atoms with E-state index in [2.05, 4.69) is 10.1 Å². The first-order chi connectivity index (χ1) is 9.02. The van der Waals surface area contributed by atoms with Crippen LogP contribution in [-0.4, -0.2) is 14.6 Å². The summed E-state index contributed by atoms with van der Waals surface area (Å²) in [7, 11) is 0. The Kier molecular flexibility index (Phi) is 2.71. The van der Waals surface area contributed by atoms with Gasteiger partial charge >= 0.3 is 0 Å². The van der Waals surface area contributed by atoms with E-state index in [0.29, 0.717) is 16.9 Å². The fourth-order valence-corrected chi connectivity index (χ4v) is 2.16. The number of aromatic nitrogens is 3. The minimum atomic E-state index is -0.653. The van der Waals surface area contributed by atoms with Crippen molar-refractivity contribution in [3.05, 3.63) is 52.8 Å². The third-order valence-electron chi connectivity index (χ3n) is 2.68. The van der Waals surface area contributed by atoms with E-state index in [4.69, 9.17) is 11.6 Å². The molecule has 19 heavy (non-hydrogen) atoms. The second-order valence-electron chi connectivity index (χ2n) is 4.18. The van der Waals surface area contributed by atoms with Gasteiger partial charge in [-0.3, -0.25) is 0 Å². The first-order valence-electron chi connectivity index (χ1n) is 5.52. The number of nitrogens with zero attached hydrogens (tertiary/aromatic N) is 3. The largest absolute Gasteiger partial charge is 0.217 e. The third-order valence-corrected chi connectivity index (χ3v) is 2.87. The molecule has 0 saturated carbocycles. The standard InChI is InChI=1S/C13H8ClF2N3/c1-7-2-13-17-12(14)6-11(19(13)18-7)8-3-9(15)5-10(16)4-8/h2-6H,1H3. The number of fused-ring (bicyclic) bond motifs is 1. The molecule has 0 unspecified atom stereocenters. The number of benzene rings is 1. The Morgan fingerprint density at radius 1 is 1.05 bits per heavy atom. The van der Waals surface area contributed by atoms with Gasteiger partial charge in [0.15, 0.2) is 5.65 Å². The van der Waals surface area contributed by atoms with Crippen LogP contribution in [0.1, 0.15) is 5.69 Å². The first kappa shape index (κ1) is 12.0. The smallest absolute Gasteiger partial charge is 0.157 e. The van der Waals surface area contributed by atoms with Gasteiger partial charge in [-0.2, -0.15) is 5.10 Å². The van der Waals surface area contributed by atoms with Gasteiger partial charge in [0.25, 0.3) is 0 Å². The van der Waals surface area contributed by atoms with Gasteiger partial charge in [-0.1, -0.05) is 11.6 Å². The predicted octanol–water partition coefficient (Wildman–Crippen LogP) is 3.64. The summed E-state index contributed by atoms with van der Waals surface area (Å²) in [4.78, 5) is 4.11. The summed E-state index contributed by atoms with van der Waals surface area (Å²) in [6.45, 7) is 1.80. The van der Waals surface area contributed by atoms with Crippen LogP contribution in [-0.2, 0) is 0 Å². The molecular formula is C13H8ClF2N3. The summed E-state index contributed by atoms with van der Waals surface area (Å²) in [6, 6.07) is 6.54. The Bertz CT molecular complexity index is 763. The Labute approximate surface area is 112 Å². The first-order valence-corrected chi connectivity index (χ1v) is 5.90. The fraction of sp³-hybridized carbons (Fsp3) is 0.0769. The zero-order valence-corrected chi connectivity index (χ0v) is 10.6. The number of halogens is 3. The van der Waals surface area contributed by atoms with Crippen LogP contribution in [0.15, 0.2) is 30.3 Å². The monoisotopic (exact) mass is 279 g/mol. The molecule has 0 atom stereocenters. The molecular weight excluding hydrogens is 272 g/mol. The Hall–Kier alpha value is -2.01. The summed E-state index contributed by atoms with van der Waals surface area (Å²) < 4.78 is 28.1. The van der Waals surface area contributed by atoms with E-state index in [-0.39, 0.29) is 5.15 Å². The molecule has 0 bridgehead atoms. The lowest BCUT2D eigenvalue weighted by Gasteiger charge is -2.06. The van der Waals surface area contributed by atoms with E-state index in [1.54, 1.807) is 13.0 Å². The zero-order chi connectivity index (χ0) is 13.6. The molecule has 0 N–H and O–H groups in total. The maximum Gasteiger partial charge on any atom is 0.157 e. The van der Waals surface area contributed by atoms with Crippen molar-refractivity contribution in [2.75, 3.05) is 0 Å². The Balaban J connectivity index is 2.34. The van der Waals surface area contributed by atoms with Gasteiger partial charge in [-0.25, -0.2) is 18.3 Å². The van der Waals surface area contributed by atoms with Crippen LogP contribution >= 0.6 is 11.6 Å². The SMILES string of the molecule is Cc1cc2nc(Cl)cc(-c3cc(F)cc(F)c3)n2n1. The molecule has 0 fully saturated rings. The second kappa shape index (κ2) is 4.28. The summed E-state index contributed by atoms with van der Waals surface area (Å²) in [5.74, 6) is -1.31. The number of hydrogen-bond donors (Lipinski definition) is 0. The van der Waals surface area contributed by atoms with Crippen molar-refractivity contribution in [1.82, 2.24) is 14.6 Å². The van der Waals surface area contributed by atoms with Crippen LogP contribution in [0, 0.1) is 18.6 Å². The predicted molar refractivity (Wildman–Crippen MR) is 68.1 cm³/mol. The van der Waals surface area contributed by atoms with Gasteiger partial charge in [-0.15, -0.1) is 0 Å². The van der Waals surface area contributed by atoms with E-state index in [1.165, 1.54) is 22.7 Å². The highest BCUT2D eigenvalue weighted by Crippen LogP contribution is 2.25. The molecule has 0 radical (unpaired) electrons. The lowest BCUT2D eigenvalue weighted by Crippen LogP contribution is -1.97. The third kappa shape index (κ3) is 2.17. The van der Waals surface area contributed by atoms with Crippen LogP contribution in [0.4, 0.5) is 8.78 Å². The average molecular weight is 280 g/mol. The average Bonchev–Trinajstić information content (AvgIpc) is 2.66. The number of aryl methyl sites for hydroxylation is 1. The molecule has 96 valence electrons. The van der Waals surface area contributed by atoms with Gasteiger partial charge in [0.1, 0.15) is 16.8 Å². The highest BCUT2D eigenvalue weighted by atomic mass is 35.5. The summed E-state index contributed by atoms with van der Waals surface area (Å²) in [6.07, 6.45) is 0. The molecule has 0 aliphatic heterocycles. The molecule has 3 nitrogen and oxygen atoms in total. The van der Waals surface area contributed by atoms with Crippen molar-refractivity contribution in [1.29, 1.82) is 0 Å². The minimum Gasteiger partial charge on any atom is -0.217 e.